The predicted molar refractivity (Wildman–Crippen MR) is 73.5 cm³/mol. The molecular weight excluding hydrogens is 251 g/mol. The van der Waals surface area contributed by atoms with Crippen molar-refractivity contribution in [3.63, 3.8) is 0 Å². The Morgan fingerprint density at radius 1 is 1.50 bits per heavy atom. The zero-order valence-electron chi connectivity index (χ0n) is 11.0. The van der Waals surface area contributed by atoms with Crippen molar-refractivity contribution in [2.24, 2.45) is 5.92 Å². The average Bonchev–Trinajstić information content (AvgIpc) is 2.74. The van der Waals surface area contributed by atoms with E-state index >= 15 is 0 Å². The SMILES string of the molecule is CNCC1CCN(Cc2cc(F)c(C)cc2Cl)C1. The number of hydrogen-bond donors (Lipinski definition) is 1. The van der Waals surface area contributed by atoms with Crippen molar-refractivity contribution in [1.82, 2.24) is 10.2 Å². The Labute approximate surface area is 113 Å². The molecule has 0 bridgehead atoms. The molecule has 1 N–H and O–H groups in total. The summed E-state index contributed by atoms with van der Waals surface area (Å²) in [6.07, 6.45) is 1.20. The molecule has 18 heavy (non-hydrogen) atoms. The van der Waals surface area contributed by atoms with E-state index < -0.39 is 0 Å². The van der Waals surface area contributed by atoms with Crippen LogP contribution in [-0.2, 0) is 6.54 Å². The van der Waals surface area contributed by atoms with Crippen molar-refractivity contribution >= 4 is 11.6 Å². The van der Waals surface area contributed by atoms with Crippen LogP contribution in [-0.4, -0.2) is 31.6 Å². The molecule has 0 saturated carbocycles. The van der Waals surface area contributed by atoms with E-state index in [2.05, 4.69) is 10.2 Å². The number of rotatable bonds is 4. The molecule has 0 radical (unpaired) electrons. The van der Waals surface area contributed by atoms with Crippen LogP contribution in [0.4, 0.5) is 4.39 Å². The van der Waals surface area contributed by atoms with Crippen molar-refractivity contribution in [1.29, 1.82) is 0 Å². The summed E-state index contributed by atoms with van der Waals surface area (Å²) in [6, 6.07) is 3.29. The van der Waals surface area contributed by atoms with Crippen LogP contribution in [0, 0.1) is 18.7 Å². The molecule has 2 nitrogen and oxygen atoms in total. The second kappa shape index (κ2) is 6.00. The van der Waals surface area contributed by atoms with E-state index in [1.54, 1.807) is 19.1 Å². The Morgan fingerprint density at radius 2 is 2.28 bits per heavy atom. The molecule has 1 unspecified atom stereocenters. The van der Waals surface area contributed by atoms with Gasteiger partial charge in [-0.25, -0.2) is 4.39 Å². The van der Waals surface area contributed by atoms with Gasteiger partial charge in [0.1, 0.15) is 5.82 Å². The summed E-state index contributed by atoms with van der Waals surface area (Å²) in [6.45, 7) is 5.66. The van der Waals surface area contributed by atoms with Crippen molar-refractivity contribution in [3.05, 3.63) is 34.1 Å². The minimum Gasteiger partial charge on any atom is -0.319 e. The Hall–Kier alpha value is -0.640. The van der Waals surface area contributed by atoms with Crippen LogP contribution in [0.3, 0.4) is 0 Å². The standard InChI is InChI=1S/C14H20ClFN2/c1-10-5-13(15)12(6-14(10)16)9-18-4-3-11(8-18)7-17-2/h5-6,11,17H,3-4,7-9H2,1-2H3. The van der Waals surface area contributed by atoms with Gasteiger partial charge in [0.2, 0.25) is 0 Å². The van der Waals surface area contributed by atoms with Gasteiger partial charge in [0.15, 0.2) is 0 Å². The van der Waals surface area contributed by atoms with E-state index in [4.69, 9.17) is 11.6 Å². The molecule has 0 spiro atoms. The quantitative estimate of drug-likeness (QED) is 0.905. The third-order valence-electron chi connectivity index (χ3n) is 3.58. The average molecular weight is 271 g/mol. The van der Waals surface area contributed by atoms with Gasteiger partial charge >= 0.3 is 0 Å². The van der Waals surface area contributed by atoms with Crippen LogP contribution < -0.4 is 5.32 Å². The molecule has 1 fully saturated rings. The van der Waals surface area contributed by atoms with E-state index in [0.29, 0.717) is 16.5 Å². The first-order valence-corrected chi connectivity index (χ1v) is 6.79. The fraction of sp³-hybridized carbons (Fsp3) is 0.571. The second-order valence-corrected chi connectivity index (χ2v) is 5.55. The number of benzene rings is 1. The second-order valence-electron chi connectivity index (χ2n) is 5.14. The lowest BCUT2D eigenvalue weighted by Crippen LogP contribution is -2.24. The fourth-order valence-electron chi connectivity index (χ4n) is 2.56. The molecule has 1 saturated heterocycles. The third kappa shape index (κ3) is 3.22. The van der Waals surface area contributed by atoms with Gasteiger partial charge < -0.3 is 5.32 Å². The maximum Gasteiger partial charge on any atom is 0.126 e. The zero-order valence-corrected chi connectivity index (χ0v) is 11.7. The Balaban J connectivity index is 2.00. The predicted octanol–water partition coefficient (Wildman–Crippen LogP) is 2.83. The molecule has 1 aromatic rings. The van der Waals surface area contributed by atoms with Gasteiger partial charge in [0.05, 0.1) is 0 Å². The highest BCUT2D eigenvalue weighted by atomic mass is 35.5. The highest BCUT2D eigenvalue weighted by molar-refractivity contribution is 6.31. The van der Waals surface area contributed by atoms with Crippen LogP contribution in [0.15, 0.2) is 12.1 Å². The summed E-state index contributed by atoms with van der Waals surface area (Å²) in [5, 5.41) is 3.88. The molecule has 2 rings (SSSR count). The van der Waals surface area contributed by atoms with Gasteiger partial charge in [0.25, 0.3) is 0 Å². The summed E-state index contributed by atoms with van der Waals surface area (Å²) >= 11 is 6.17. The molecule has 0 aromatic heterocycles. The lowest BCUT2D eigenvalue weighted by atomic mass is 10.1. The van der Waals surface area contributed by atoms with Gasteiger partial charge in [-0.3, -0.25) is 4.90 Å². The van der Waals surface area contributed by atoms with E-state index in [-0.39, 0.29) is 5.82 Å². The maximum atomic E-state index is 13.5. The van der Waals surface area contributed by atoms with E-state index in [1.165, 1.54) is 6.42 Å². The normalized spacial score (nSPS) is 20.6. The number of halogens is 2. The first-order chi connectivity index (χ1) is 8.60. The van der Waals surface area contributed by atoms with Gasteiger partial charge in [-0.2, -0.15) is 0 Å². The molecule has 1 heterocycles. The Morgan fingerprint density at radius 3 is 3.00 bits per heavy atom. The fourth-order valence-corrected chi connectivity index (χ4v) is 2.84. The largest absolute Gasteiger partial charge is 0.319 e. The van der Waals surface area contributed by atoms with E-state index in [0.717, 1.165) is 31.7 Å². The van der Waals surface area contributed by atoms with Gasteiger partial charge in [-0.1, -0.05) is 11.6 Å². The smallest absolute Gasteiger partial charge is 0.126 e. The summed E-state index contributed by atoms with van der Waals surface area (Å²) in [7, 11) is 1.98. The maximum absolute atomic E-state index is 13.5. The summed E-state index contributed by atoms with van der Waals surface area (Å²) < 4.78 is 13.5. The molecule has 1 atom stereocenters. The zero-order chi connectivity index (χ0) is 13.1. The van der Waals surface area contributed by atoms with Gasteiger partial charge in [0, 0.05) is 18.1 Å². The molecule has 100 valence electrons. The third-order valence-corrected chi connectivity index (χ3v) is 3.94. The minimum atomic E-state index is -0.166. The molecule has 1 aliphatic heterocycles. The molecular formula is C14H20ClFN2. The first-order valence-electron chi connectivity index (χ1n) is 6.41. The Kier molecular flexibility index (Phi) is 4.60. The number of aryl methyl sites for hydroxylation is 1. The van der Waals surface area contributed by atoms with Gasteiger partial charge in [-0.05, 0) is 62.7 Å². The minimum absolute atomic E-state index is 0.166. The van der Waals surface area contributed by atoms with Crippen LogP contribution in [0.25, 0.3) is 0 Å². The van der Waals surface area contributed by atoms with Crippen LogP contribution in [0.5, 0.6) is 0 Å². The van der Waals surface area contributed by atoms with Crippen molar-refractivity contribution in [3.8, 4) is 0 Å². The van der Waals surface area contributed by atoms with Crippen LogP contribution in [0.1, 0.15) is 17.5 Å². The van der Waals surface area contributed by atoms with Crippen molar-refractivity contribution in [2.75, 3.05) is 26.7 Å². The molecule has 0 aliphatic carbocycles. The molecule has 4 heteroatoms. The molecule has 1 aliphatic rings. The summed E-state index contributed by atoms with van der Waals surface area (Å²) in [5.41, 5.74) is 1.50. The van der Waals surface area contributed by atoms with Gasteiger partial charge in [-0.15, -0.1) is 0 Å². The lowest BCUT2D eigenvalue weighted by molar-refractivity contribution is 0.315. The highest BCUT2D eigenvalue weighted by Crippen LogP contribution is 2.24. The monoisotopic (exact) mass is 270 g/mol. The highest BCUT2D eigenvalue weighted by Gasteiger charge is 2.22. The topological polar surface area (TPSA) is 15.3 Å². The lowest BCUT2D eigenvalue weighted by Gasteiger charge is -2.17. The van der Waals surface area contributed by atoms with Crippen LogP contribution >= 0.6 is 11.6 Å². The molecule has 1 aromatic carbocycles. The Bertz CT molecular complexity index is 423. The van der Waals surface area contributed by atoms with Crippen LogP contribution in [0.2, 0.25) is 5.02 Å². The van der Waals surface area contributed by atoms with E-state index in [1.807, 2.05) is 7.05 Å². The summed E-state index contributed by atoms with van der Waals surface area (Å²) in [5.74, 6) is 0.532. The first kappa shape index (κ1) is 13.8. The number of nitrogens with one attached hydrogen (secondary N) is 1. The summed E-state index contributed by atoms with van der Waals surface area (Å²) in [4.78, 5) is 2.35. The van der Waals surface area contributed by atoms with E-state index in [9.17, 15) is 4.39 Å². The molecule has 0 amide bonds. The number of nitrogens with zero attached hydrogens (tertiary/aromatic N) is 1. The number of hydrogen-bond acceptors (Lipinski definition) is 2. The van der Waals surface area contributed by atoms with Crippen molar-refractivity contribution < 1.29 is 4.39 Å². The van der Waals surface area contributed by atoms with Crippen molar-refractivity contribution in [2.45, 2.75) is 19.9 Å². The number of likely N-dealkylation sites (tertiary alicyclic amines) is 1.